The summed E-state index contributed by atoms with van der Waals surface area (Å²) in [5, 5.41) is 11.8. The molecule has 1 amide bonds. The second-order valence-electron chi connectivity index (χ2n) is 3.99. The lowest BCUT2D eigenvalue weighted by molar-refractivity contribution is -0.143. The Morgan fingerprint density at radius 1 is 1.41 bits per heavy atom. The van der Waals surface area contributed by atoms with Crippen molar-refractivity contribution >= 4 is 23.6 Å². The second-order valence-corrected chi connectivity index (χ2v) is 5.50. The molecule has 0 spiro atoms. The van der Waals surface area contributed by atoms with Crippen LogP contribution in [0.15, 0.2) is 0 Å². The second kappa shape index (κ2) is 7.55. The van der Waals surface area contributed by atoms with Crippen LogP contribution in [-0.2, 0) is 14.3 Å². The van der Waals surface area contributed by atoms with Gasteiger partial charge in [-0.2, -0.15) is 11.8 Å². The average molecular weight is 261 g/mol. The van der Waals surface area contributed by atoms with Gasteiger partial charge in [0, 0.05) is 11.3 Å². The van der Waals surface area contributed by atoms with E-state index in [1.165, 1.54) is 0 Å². The summed E-state index contributed by atoms with van der Waals surface area (Å²) in [7, 11) is 0. The van der Waals surface area contributed by atoms with Crippen molar-refractivity contribution in [1.29, 1.82) is 0 Å². The van der Waals surface area contributed by atoms with E-state index in [2.05, 4.69) is 12.2 Å². The molecule has 2 N–H and O–H groups in total. The first-order valence-corrected chi connectivity index (χ1v) is 6.89. The maximum atomic E-state index is 11.5. The first-order chi connectivity index (χ1) is 8.13. The zero-order chi connectivity index (χ0) is 12.7. The third kappa shape index (κ3) is 5.41. The average Bonchev–Trinajstić information content (AvgIpc) is 2.66. The van der Waals surface area contributed by atoms with Crippen LogP contribution in [0.2, 0.25) is 0 Å². The summed E-state index contributed by atoms with van der Waals surface area (Å²) in [5.41, 5.74) is 0. The van der Waals surface area contributed by atoms with E-state index in [9.17, 15) is 9.59 Å². The predicted molar refractivity (Wildman–Crippen MR) is 66.2 cm³/mol. The lowest BCUT2D eigenvalue weighted by atomic mass is 10.2. The maximum Gasteiger partial charge on any atom is 0.329 e. The number of carboxylic acid groups (broad SMARTS) is 1. The van der Waals surface area contributed by atoms with Crippen LogP contribution in [0.4, 0.5) is 0 Å². The zero-order valence-corrected chi connectivity index (χ0v) is 10.8. The Hall–Kier alpha value is -0.750. The molecule has 6 heteroatoms. The van der Waals surface area contributed by atoms with Gasteiger partial charge < -0.3 is 15.2 Å². The number of ether oxygens (including phenoxy) is 1. The molecule has 0 aliphatic heterocycles. The van der Waals surface area contributed by atoms with Crippen molar-refractivity contribution in [3.63, 3.8) is 0 Å². The number of hydrogen-bond acceptors (Lipinski definition) is 4. The van der Waals surface area contributed by atoms with Gasteiger partial charge in [-0.05, 0) is 18.6 Å². The van der Waals surface area contributed by atoms with Gasteiger partial charge in [0.1, 0.15) is 13.2 Å². The van der Waals surface area contributed by atoms with Crippen molar-refractivity contribution in [3.05, 3.63) is 0 Å². The van der Waals surface area contributed by atoms with E-state index < -0.39 is 12.6 Å². The SMILES string of the molecule is CCSC1CCCC1NC(=O)COCC(=O)O. The molecule has 98 valence electrons. The van der Waals surface area contributed by atoms with Gasteiger partial charge in [-0.1, -0.05) is 13.3 Å². The molecule has 1 rings (SSSR count). The van der Waals surface area contributed by atoms with Crippen molar-refractivity contribution in [1.82, 2.24) is 5.32 Å². The van der Waals surface area contributed by atoms with Crippen molar-refractivity contribution in [2.45, 2.75) is 37.5 Å². The van der Waals surface area contributed by atoms with E-state index in [1.54, 1.807) is 0 Å². The van der Waals surface area contributed by atoms with Crippen molar-refractivity contribution in [3.8, 4) is 0 Å². The van der Waals surface area contributed by atoms with Gasteiger partial charge in [0.2, 0.25) is 5.91 Å². The van der Waals surface area contributed by atoms with Crippen molar-refractivity contribution in [2.75, 3.05) is 19.0 Å². The van der Waals surface area contributed by atoms with E-state index in [0.717, 1.165) is 25.0 Å². The summed E-state index contributed by atoms with van der Waals surface area (Å²) >= 11 is 1.87. The van der Waals surface area contributed by atoms with E-state index in [0.29, 0.717) is 5.25 Å². The number of aliphatic carboxylic acids is 1. The smallest absolute Gasteiger partial charge is 0.329 e. The summed E-state index contributed by atoms with van der Waals surface area (Å²) in [6.07, 6.45) is 3.28. The molecule has 0 bridgehead atoms. The normalized spacial score (nSPS) is 23.6. The quantitative estimate of drug-likeness (QED) is 0.711. The summed E-state index contributed by atoms with van der Waals surface area (Å²) in [6, 6.07) is 0.209. The molecule has 1 aliphatic carbocycles. The van der Waals surface area contributed by atoms with Crippen LogP contribution < -0.4 is 5.32 Å². The lowest BCUT2D eigenvalue weighted by Gasteiger charge is -2.19. The molecule has 0 heterocycles. The summed E-state index contributed by atoms with van der Waals surface area (Å²) in [6.45, 7) is 1.51. The molecule has 0 aromatic carbocycles. The van der Waals surface area contributed by atoms with Crippen LogP contribution in [0.5, 0.6) is 0 Å². The predicted octanol–water partition coefficient (Wildman–Crippen LogP) is 0.878. The minimum Gasteiger partial charge on any atom is -0.480 e. The minimum atomic E-state index is -1.06. The number of carbonyl (C=O) groups excluding carboxylic acids is 1. The molecule has 1 fully saturated rings. The number of hydrogen-bond donors (Lipinski definition) is 2. The van der Waals surface area contributed by atoms with E-state index >= 15 is 0 Å². The summed E-state index contributed by atoms with van der Waals surface area (Å²) in [4.78, 5) is 21.7. The van der Waals surface area contributed by atoms with Crippen LogP contribution in [0.1, 0.15) is 26.2 Å². The highest BCUT2D eigenvalue weighted by Crippen LogP contribution is 2.29. The highest BCUT2D eigenvalue weighted by atomic mass is 32.2. The van der Waals surface area contributed by atoms with E-state index in [-0.39, 0.29) is 18.6 Å². The van der Waals surface area contributed by atoms with E-state index in [4.69, 9.17) is 9.84 Å². The molecule has 0 aromatic rings. The number of carboxylic acids is 1. The Bertz CT molecular complexity index is 272. The first-order valence-electron chi connectivity index (χ1n) is 5.84. The topological polar surface area (TPSA) is 75.6 Å². The lowest BCUT2D eigenvalue weighted by Crippen LogP contribution is -2.40. The van der Waals surface area contributed by atoms with Crippen molar-refractivity contribution in [2.24, 2.45) is 0 Å². The molecule has 0 radical (unpaired) electrons. The molecule has 1 saturated carbocycles. The molecular formula is C11H19NO4S. The van der Waals surface area contributed by atoms with Gasteiger partial charge in [-0.15, -0.1) is 0 Å². The fourth-order valence-electron chi connectivity index (χ4n) is 1.98. The van der Waals surface area contributed by atoms with Gasteiger partial charge in [0.05, 0.1) is 0 Å². The number of rotatable bonds is 7. The van der Waals surface area contributed by atoms with Gasteiger partial charge in [-0.3, -0.25) is 4.79 Å². The Morgan fingerprint density at radius 3 is 2.82 bits per heavy atom. The fraction of sp³-hybridized carbons (Fsp3) is 0.818. The zero-order valence-electron chi connectivity index (χ0n) is 9.98. The van der Waals surface area contributed by atoms with Gasteiger partial charge in [-0.25, -0.2) is 4.79 Å². The highest BCUT2D eigenvalue weighted by molar-refractivity contribution is 7.99. The van der Waals surface area contributed by atoms with Crippen LogP contribution in [0.25, 0.3) is 0 Å². The maximum absolute atomic E-state index is 11.5. The first kappa shape index (κ1) is 14.3. The minimum absolute atomic E-state index is 0.174. The fourth-order valence-corrected chi connectivity index (χ4v) is 3.18. The van der Waals surface area contributed by atoms with Crippen LogP contribution in [0, 0.1) is 0 Å². The highest BCUT2D eigenvalue weighted by Gasteiger charge is 2.28. The Morgan fingerprint density at radius 2 is 2.18 bits per heavy atom. The monoisotopic (exact) mass is 261 g/mol. The molecule has 5 nitrogen and oxygen atoms in total. The largest absolute Gasteiger partial charge is 0.480 e. The Kier molecular flexibility index (Phi) is 6.36. The molecule has 0 aromatic heterocycles. The van der Waals surface area contributed by atoms with Crippen LogP contribution in [0.3, 0.4) is 0 Å². The molecule has 1 aliphatic rings. The number of carbonyl (C=O) groups is 2. The molecule has 0 saturated heterocycles. The Balaban J connectivity index is 2.22. The van der Waals surface area contributed by atoms with Gasteiger partial charge in [0.25, 0.3) is 0 Å². The van der Waals surface area contributed by atoms with Gasteiger partial charge >= 0.3 is 5.97 Å². The summed E-state index contributed by atoms with van der Waals surface area (Å²) < 4.78 is 4.74. The molecular weight excluding hydrogens is 242 g/mol. The van der Waals surface area contributed by atoms with Gasteiger partial charge in [0.15, 0.2) is 0 Å². The third-order valence-corrected chi connectivity index (χ3v) is 3.96. The molecule has 2 atom stereocenters. The summed E-state index contributed by atoms with van der Waals surface area (Å²) in [5.74, 6) is -0.232. The number of thioether (sulfide) groups is 1. The van der Waals surface area contributed by atoms with E-state index in [1.807, 2.05) is 11.8 Å². The van der Waals surface area contributed by atoms with Crippen molar-refractivity contribution < 1.29 is 19.4 Å². The third-order valence-electron chi connectivity index (χ3n) is 2.64. The molecule has 2 unspecified atom stereocenters. The van der Waals surface area contributed by atoms with Crippen LogP contribution >= 0.6 is 11.8 Å². The number of amides is 1. The van der Waals surface area contributed by atoms with Crippen LogP contribution in [-0.4, -0.2) is 47.2 Å². The number of nitrogens with one attached hydrogen (secondary N) is 1. The Labute approximate surface area is 105 Å². The standard InChI is InChI=1S/C11H19NO4S/c1-2-17-9-5-3-4-8(9)12-10(13)6-16-7-11(14)15/h8-9H,2-7H2,1H3,(H,12,13)(H,14,15). The molecule has 17 heavy (non-hydrogen) atoms.